The van der Waals surface area contributed by atoms with Gasteiger partial charge in [-0.05, 0) is 31.7 Å². The first-order valence-corrected chi connectivity index (χ1v) is 7.43. The van der Waals surface area contributed by atoms with E-state index in [0.717, 1.165) is 31.5 Å². The second kappa shape index (κ2) is 5.95. The SMILES string of the molecule is CCC1(C)CCCN(C(=O)C(NC)c2cnn(C)c2)C1. The maximum atomic E-state index is 12.8. The lowest BCUT2D eigenvalue weighted by Gasteiger charge is -2.41. The van der Waals surface area contributed by atoms with E-state index in [4.69, 9.17) is 0 Å². The van der Waals surface area contributed by atoms with Crippen LogP contribution in [-0.4, -0.2) is 40.7 Å². The molecule has 1 aliphatic heterocycles. The van der Waals surface area contributed by atoms with Crippen molar-refractivity contribution in [3.8, 4) is 0 Å². The Hall–Kier alpha value is -1.36. The largest absolute Gasteiger partial charge is 0.340 e. The Bertz CT molecular complexity index is 470. The smallest absolute Gasteiger partial charge is 0.244 e. The summed E-state index contributed by atoms with van der Waals surface area (Å²) in [6.45, 7) is 6.23. The number of piperidine rings is 1. The van der Waals surface area contributed by atoms with Gasteiger partial charge in [-0.1, -0.05) is 13.8 Å². The number of likely N-dealkylation sites (N-methyl/N-ethyl adjacent to an activating group) is 1. The van der Waals surface area contributed by atoms with Gasteiger partial charge < -0.3 is 10.2 Å². The lowest BCUT2D eigenvalue weighted by Crippen LogP contribution is -2.48. The first-order chi connectivity index (χ1) is 9.49. The van der Waals surface area contributed by atoms with Crippen LogP contribution in [0.3, 0.4) is 0 Å². The van der Waals surface area contributed by atoms with Crippen LogP contribution in [0.4, 0.5) is 0 Å². The van der Waals surface area contributed by atoms with Gasteiger partial charge in [-0.3, -0.25) is 9.48 Å². The fourth-order valence-electron chi connectivity index (χ4n) is 3.00. The molecule has 0 bridgehead atoms. The van der Waals surface area contributed by atoms with Crippen molar-refractivity contribution in [1.29, 1.82) is 0 Å². The van der Waals surface area contributed by atoms with Gasteiger partial charge in [0.15, 0.2) is 0 Å². The minimum absolute atomic E-state index is 0.167. The Balaban J connectivity index is 2.12. The molecule has 0 aromatic carbocycles. The van der Waals surface area contributed by atoms with E-state index in [-0.39, 0.29) is 17.4 Å². The minimum Gasteiger partial charge on any atom is -0.340 e. The van der Waals surface area contributed by atoms with Crippen LogP contribution in [0.25, 0.3) is 0 Å². The van der Waals surface area contributed by atoms with E-state index in [0.29, 0.717) is 0 Å². The van der Waals surface area contributed by atoms with Crippen LogP contribution in [0.2, 0.25) is 0 Å². The number of aromatic nitrogens is 2. The van der Waals surface area contributed by atoms with Gasteiger partial charge in [0.25, 0.3) is 0 Å². The average molecular weight is 278 g/mol. The second-order valence-electron chi connectivity index (χ2n) is 6.20. The molecule has 112 valence electrons. The number of nitrogens with one attached hydrogen (secondary N) is 1. The summed E-state index contributed by atoms with van der Waals surface area (Å²) in [5, 5.41) is 7.29. The molecule has 20 heavy (non-hydrogen) atoms. The standard InChI is InChI=1S/C15H26N4O/c1-5-15(2)7-6-8-19(11-15)14(20)13(16-3)12-9-17-18(4)10-12/h9-10,13,16H,5-8,11H2,1-4H3. The van der Waals surface area contributed by atoms with Crippen molar-refractivity contribution < 1.29 is 4.79 Å². The third-order valence-electron chi connectivity index (χ3n) is 4.54. The molecule has 0 saturated carbocycles. The van der Waals surface area contributed by atoms with Gasteiger partial charge in [-0.2, -0.15) is 5.10 Å². The molecule has 0 radical (unpaired) electrons. The number of hydrogen-bond acceptors (Lipinski definition) is 3. The summed E-state index contributed by atoms with van der Waals surface area (Å²) < 4.78 is 1.74. The highest BCUT2D eigenvalue weighted by Gasteiger charge is 2.34. The van der Waals surface area contributed by atoms with E-state index in [9.17, 15) is 4.79 Å². The van der Waals surface area contributed by atoms with E-state index in [1.54, 1.807) is 10.9 Å². The highest BCUT2D eigenvalue weighted by Crippen LogP contribution is 2.33. The molecule has 5 heteroatoms. The van der Waals surface area contributed by atoms with Gasteiger partial charge in [0.05, 0.1) is 6.20 Å². The van der Waals surface area contributed by atoms with Gasteiger partial charge in [0, 0.05) is 31.9 Å². The van der Waals surface area contributed by atoms with Crippen LogP contribution < -0.4 is 5.32 Å². The fraction of sp³-hybridized carbons (Fsp3) is 0.733. The number of nitrogens with zero attached hydrogens (tertiary/aromatic N) is 3. The maximum Gasteiger partial charge on any atom is 0.244 e. The Labute approximate surface area is 121 Å². The number of hydrogen-bond donors (Lipinski definition) is 1. The van der Waals surface area contributed by atoms with E-state index in [1.807, 2.05) is 25.2 Å². The lowest BCUT2D eigenvalue weighted by atomic mass is 9.79. The van der Waals surface area contributed by atoms with Crippen molar-refractivity contribution in [2.75, 3.05) is 20.1 Å². The molecule has 2 unspecified atom stereocenters. The van der Waals surface area contributed by atoms with Crippen LogP contribution in [0, 0.1) is 5.41 Å². The normalized spacial score (nSPS) is 24.7. The molecule has 0 aliphatic carbocycles. The first kappa shape index (κ1) is 15.0. The molecular weight excluding hydrogens is 252 g/mol. The van der Waals surface area contributed by atoms with Crippen molar-refractivity contribution in [3.63, 3.8) is 0 Å². The van der Waals surface area contributed by atoms with Crippen molar-refractivity contribution in [1.82, 2.24) is 20.0 Å². The number of aryl methyl sites for hydroxylation is 1. The molecule has 2 atom stereocenters. The highest BCUT2D eigenvalue weighted by atomic mass is 16.2. The van der Waals surface area contributed by atoms with Crippen molar-refractivity contribution in [2.24, 2.45) is 12.5 Å². The third kappa shape index (κ3) is 3.03. The quantitative estimate of drug-likeness (QED) is 0.912. The van der Waals surface area contributed by atoms with E-state index in [2.05, 4.69) is 24.3 Å². The van der Waals surface area contributed by atoms with E-state index < -0.39 is 0 Å². The van der Waals surface area contributed by atoms with E-state index in [1.165, 1.54) is 6.42 Å². The average Bonchev–Trinajstić information content (AvgIpc) is 2.86. The molecule has 2 heterocycles. The zero-order valence-electron chi connectivity index (χ0n) is 13.0. The fourth-order valence-corrected chi connectivity index (χ4v) is 3.00. The number of rotatable bonds is 4. The summed E-state index contributed by atoms with van der Waals surface area (Å²) in [4.78, 5) is 14.8. The van der Waals surface area contributed by atoms with Crippen LogP contribution in [0.1, 0.15) is 44.7 Å². The summed E-state index contributed by atoms with van der Waals surface area (Å²) in [5.74, 6) is 0.167. The van der Waals surface area contributed by atoms with Crippen molar-refractivity contribution in [3.05, 3.63) is 18.0 Å². The van der Waals surface area contributed by atoms with Crippen LogP contribution in [-0.2, 0) is 11.8 Å². The Morgan fingerprint density at radius 3 is 2.90 bits per heavy atom. The van der Waals surface area contributed by atoms with Gasteiger partial charge in [-0.25, -0.2) is 0 Å². The molecule has 1 N–H and O–H groups in total. The topological polar surface area (TPSA) is 50.2 Å². The molecule has 2 rings (SSSR count). The molecule has 1 saturated heterocycles. The Kier molecular flexibility index (Phi) is 4.48. The molecule has 0 spiro atoms. The summed E-state index contributed by atoms with van der Waals surface area (Å²) in [5.41, 5.74) is 1.20. The van der Waals surface area contributed by atoms with Gasteiger partial charge in [-0.15, -0.1) is 0 Å². The van der Waals surface area contributed by atoms with Gasteiger partial charge in [0.2, 0.25) is 5.91 Å². The number of carbonyl (C=O) groups excluding carboxylic acids is 1. The number of carbonyl (C=O) groups is 1. The summed E-state index contributed by atoms with van der Waals surface area (Å²) >= 11 is 0. The van der Waals surface area contributed by atoms with Gasteiger partial charge >= 0.3 is 0 Å². The molecule has 1 fully saturated rings. The molecule has 1 amide bonds. The zero-order chi connectivity index (χ0) is 14.8. The third-order valence-corrected chi connectivity index (χ3v) is 4.54. The number of amides is 1. The summed E-state index contributed by atoms with van der Waals surface area (Å²) in [6, 6.07) is -0.289. The molecule has 1 aliphatic rings. The predicted octanol–water partition coefficient (Wildman–Crippen LogP) is 1.72. The first-order valence-electron chi connectivity index (χ1n) is 7.43. The van der Waals surface area contributed by atoms with Crippen molar-refractivity contribution >= 4 is 5.91 Å². The van der Waals surface area contributed by atoms with Crippen LogP contribution >= 0.6 is 0 Å². The summed E-state index contributed by atoms with van der Waals surface area (Å²) in [7, 11) is 3.70. The predicted molar refractivity (Wildman–Crippen MR) is 79.2 cm³/mol. The van der Waals surface area contributed by atoms with Crippen molar-refractivity contribution in [2.45, 2.75) is 39.2 Å². The zero-order valence-corrected chi connectivity index (χ0v) is 13.0. The molecule has 1 aromatic rings. The monoisotopic (exact) mass is 278 g/mol. The summed E-state index contributed by atoms with van der Waals surface area (Å²) in [6.07, 6.45) is 7.10. The highest BCUT2D eigenvalue weighted by molar-refractivity contribution is 5.83. The maximum absolute atomic E-state index is 12.8. The van der Waals surface area contributed by atoms with Crippen LogP contribution in [0.5, 0.6) is 0 Å². The minimum atomic E-state index is -0.289. The Morgan fingerprint density at radius 2 is 2.35 bits per heavy atom. The second-order valence-corrected chi connectivity index (χ2v) is 6.20. The van der Waals surface area contributed by atoms with Gasteiger partial charge in [0.1, 0.15) is 6.04 Å². The lowest BCUT2D eigenvalue weighted by molar-refractivity contribution is -0.136. The number of likely N-dealkylation sites (tertiary alicyclic amines) is 1. The molecule has 1 aromatic heterocycles. The van der Waals surface area contributed by atoms with E-state index >= 15 is 0 Å². The molecular formula is C15H26N4O. The molecule has 5 nitrogen and oxygen atoms in total. The van der Waals surface area contributed by atoms with Crippen LogP contribution in [0.15, 0.2) is 12.4 Å². The Morgan fingerprint density at radius 1 is 1.60 bits per heavy atom.